The molecule has 2 heterocycles. The van der Waals surface area contributed by atoms with Gasteiger partial charge in [0, 0.05) is 29.3 Å². The van der Waals surface area contributed by atoms with Crippen LogP contribution in [0.2, 0.25) is 0 Å². The number of carboxylic acids is 1. The second kappa shape index (κ2) is 19.2. The smallest absolute Gasteiger partial charge is 0.430 e. The number of ether oxygens (including phenoxy) is 2. The molecule has 1 aliphatic rings. The number of pyridine rings is 1. The van der Waals surface area contributed by atoms with E-state index >= 15 is 0 Å². The maximum atomic E-state index is 14.3. The zero-order valence-corrected chi connectivity index (χ0v) is 34.1. The number of halogens is 3. The third-order valence-corrected chi connectivity index (χ3v) is 11.2. The van der Waals surface area contributed by atoms with Crippen LogP contribution in [0.5, 0.6) is 23.0 Å². The van der Waals surface area contributed by atoms with Gasteiger partial charge in [-0.15, -0.1) is 0 Å². The van der Waals surface area contributed by atoms with Gasteiger partial charge in [-0.3, -0.25) is 9.78 Å². The zero-order valence-electron chi connectivity index (χ0n) is 33.3. The molecule has 4 N–H and O–H groups in total. The molecule has 0 spiro atoms. The summed E-state index contributed by atoms with van der Waals surface area (Å²) in [5.74, 6) is -2.31. The minimum atomic E-state index is -5.19. The predicted molar refractivity (Wildman–Crippen MR) is 215 cm³/mol. The number of likely N-dealkylation sites (tertiary alicyclic amines) is 1. The Morgan fingerprint density at radius 1 is 0.967 bits per heavy atom. The van der Waals surface area contributed by atoms with E-state index in [0.29, 0.717) is 52.1 Å². The highest BCUT2D eigenvalue weighted by Gasteiger charge is 2.41. The van der Waals surface area contributed by atoms with Crippen molar-refractivity contribution in [1.29, 1.82) is 0 Å². The fraction of sp³-hybridized carbons (Fsp3) is 0.286. The number of nitrogens with one attached hydrogen (secondary N) is 1. The largest absolute Gasteiger partial charge is 0.542 e. The van der Waals surface area contributed by atoms with Gasteiger partial charge in [0.1, 0.15) is 35.0 Å². The summed E-state index contributed by atoms with van der Waals surface area (Å²) >= 11 is 0. The molecule has 0 aliphatic carbocycles. The fourth-order valence-corrected chi connectivity index (χ4v) is 8.28. The number of urea groups is 1. The third-order valence-electron chi connectivity index (χ3n) is 9.96. The van der Waals surface area contributed by atoms with E-state index in [1.165, 1.54) is 48.7 Å². The van der Waals surface area contributed by atoms with Gasteiger partial charge in [-0.05, 0) is 85.1 Å². The van der Waals surface area contributed by atoms with Crippen LogP contribution in [-0.4, -0.2) is 98.4 Å². The SMILES string of the molecule is COc1ccc(C[N+]2(C)CCC[C@H](N(C(=O)Nc3ccc(OS(=O)(=O)c4cccc5cccnc45)cc3)[C@@H](Cc3ccc(O)cc3)C(N)=O)C2)cc1OC.O=C([O-])C(F)(F)F. The number of nitrogens with two attached hydrogens (primary N) is 1. The van der Waals surface area contributed by atoms with E-state index in [0.717, 1.165) is 24.1 Å². The number of amides is 3. The van der Waals surface area contributed by atoms with Crippen molar-refractivity contribution in [2.75, 3.05) is 39.7 Å². The molecule has 3 amide bonds. The first-order valence-electron chi connectivity index (χ1n) is 18.7. The number of hydrogen-bond acceptors (Lipinski definition) is 11. The van der Waals surface area contributed by atoms with Crippen molar-refractivity contribution in [2.45, 2.75) is 49.0 Å². The Morgan fingerprint density at radius 2 is 1.61 bits per heavy atom. The van der Waals surface area contributed by atoms with E-state index < -0.39 is 40.2 Å². The Kier molecular flexibility index (Phi) is 14.3. The summed E-state index contributed by atoms with van der Waals surface area (Å²) in [5.41, 5.74) is 8.44. The van der Waals surface area contributed by atoms with Gasteiger partial charge < -0.3 is 49.1 Å². The number of methoxy groups -OCH3 is 2. The van der Waals surface area contributed by atoms with Crippen LogP contribution >= 0.6 is 0 Å². The molecule has 0 radical (unpaired) electrons. The van der Waals surface area contributed by atoms with Gasteiger partial charge in [-0.1, -0.05) is 30.3 Å². The van der Waals surface area contributed by atoms with Crippen LogP contribution in [0.1, 0.15) is 24.0 Å². The molecule has 1 unspecified atom stereocenters. The van der Waals surface area contributed by atoms with E-state index in [1.54, 1.807) is 55.5 Å². The molecule has 5 aromatic rings. The third kappa shape index (κ3) is 11.8. The standard InChI is InChI=1S/C40H43N5O8S.C2HF3O2/c1-45(25-28-13-20-35(51-2)36(24-28)52-3)22-6-9-31(26-45)44(34(39(41)47)23-27-11-16-32(46)17-12-27)40(48)43-30-14-18-33(19-15-30)53-54(49,50)37-10-4-7-29-8-5-21-42-38(29)37;3-2(4,5)1(6)7/h4-5,7-8,10-21,24,31,34H,6,9,22-23,25-26H2,1-3H3,(H3-,41,43,46,47,48);(H,6,7)/t31-,34-,45?;/m0./s1. The average Bonchev–Trinajstić information content (AvgIpc) is 3.21. The van der Waals surface area contributed by atoms with Crippen molar-refractivity contribution in [3.63, 3.8) is 0 Å². The normalized spacial score (nSPS) is 16.9. The van der Waals surface area contributed by atoms with Crippen molar-refractivity contribution in [3.05, 3.63) is 114 Å². The number of phenolic OH excluding ortho intramolecular Hbond substituents is 1. The van der Waals surface area contributed by atoms with Gasteiger partial charge >= 0.3 is 22.3 Å². The first-order chi connectivity index (χ1) is 28.8. The Hall–Kier alpha value is -6.60. The number of rotatable bonds is 13. The lowest BCUT2D eigenvalue weighted by molar-refractivity contribution is -0.928. The highest BCUT2D eigenvalue weighted by atomic mass is 32.2. The molecular formula is C42H44F3N5O10S. The maximum Gasteiger partial charge on any atom is 0.430 e. The average molecular weight is 868 g/mol. The Morgan fingerprint density at radius 3 is 2.23 bits per heavy atom. The number of aliphatic carboxylic acids is 1. The van der Waals surface area contributed by atoms with E-state index in [9.17, 15) is 36.3 Å². The van der Waals surface area contributed by atoms with E-state index in [1.807, 2.05) is 18.2 Å². The van der Waals surface area contributed by atoms with E-state index in [4.69, 9.17) is 29.3 Å². The van der Waals surface area contributed by atoms with Crippen LogP contribution in [-0.2, 0) is 32.7 Å². The highest BCUT2D eigenvalue weighted by Crippen LogP contribution is 2.32. The maximum absolute atomic E-state index is 14.3. The van der Waals surface area contributed by atoms with E-state index in [-0.39, 0.29) is 28.9 Å². The van der Waals surface area contributed by atoms with Gasteiger partial charge in [0.2, 0.25) is 5.91 Å². The second-order valence-corrected chi connectivity index (χ2v) is 16.0. The number of anilines is 1. The van der Waals surface area contributed by atoms with Gasteiger partial charge in [0.25, 0.3) is 0 Å². The number of carbonyl (C=O) groups is 3. The number of para-hydroxylation sites is 1. The predicted octanol–water partition coefficient (Wildman–Crippen LogP) is 4.76. The number of quaternary nitrogens is 1. The number of aromatic hydroxyl groups is 1. The van der Waals surface area contributed by atoms with Gasteiger partial charge in [0.05, 0.1) is 45.9 Å². The van der Waals surface area contributed by atoms with Gasteiger partial charge in [-0.2, -0.15) is 21.6 Å². The van der Waals surface area contributed by atoms with Crippen LogP contribution in [0.4, 0.5) is 23.7 Å². The molecular weight excluding hydrogens is 824 g/mol. The number of primary amides is 1. The summed E-state index contributed by atoms with van der Waals surface area (Å²) in [5, 5.41) is 22.2. The molecule has 1 aromatic heterocycles. The number of carboxylic acid groups (broad SMARTS) is 1. The molecule has 324 valence electrons. The number of piperidine rings is 1. The molecule has 19 heteroatoms. The van der Waals surface area contributed by atoms with Crippen molar-refractivity contribution in [2.24, 2.45) is 5.73 Å². The number of hydrogen-bond donors (Lipinski definition) is 3. The number of aromatic nitrogens is 1. The van der Waals surface area contributed by atoms with Gasteiger partial charge in [0.15, 0.2) is 11.5 Å². The molecule has 0 saturated carbocycles. The fourth-order valence-electron chi connectivity index (χ4n) is 7.17. The topological polar surface area (TPSA) is 211 Å². The van der Waals surface area contributed by atoms with Crippen molar-refractivity contribution < 1.29 is 64.3 Å². The summed E-state index contributed by atoms with van der Waals surface area (Å²) in [6.07, 6.45) is -2.12. The number of fused-ring (bicyclic) bond motifs is 1. The molecule has 61 heavy (non-hydrogen) atoms. The van der Waals surface area contributed by atoms with Crippen LogP contribution in [0, 0.1) is 0 Å². The molecule has 3 atom stereocenters. The number of carbonyl (C=O) groups excluding carboxylic acids is 3. The molecule has 6 rings (SSSR count). The molecule has 4 aromatic carbocycles. The number of benzene rings is 4. The zero-order chi connectivity index (χ0) is 44.5. The summed E-state index contributed by atoms with van der Waals surface area (Å²) in [6.45, 7) is 2.03. The quantitative estimate of drug-likeness (QED) is 0.109. The summed E-state index contributed by atoms with van der Waals surface area (Å²) in [7, 11) is 1.07. The minimum Gasteiger partial charge on any atom is -0.542 e. The first kappa shape index (κ1) is 45.5. The van der Waals surface area contributed by atoms with Crippen LogP contribution in [0.25, 0.3) is 10.9 Å². The summed E-state index contributed by atoms with van der Waals surface area (Å²) in [4.78, 5) is 42.0. The van der Waals surface area contributed by atoms with Crippen molar-refractivity contribution in [1.82, 2.24) is 9.88 Å². The monoisotopic (exact) mass is 867 g/mol. The van der Waals surface area contributed by atoms with Crippen LogP contribution < -0.4 is 29.8 Å². The first-order valence-corrected chi connectivity index (χ1v) is 20.1. The Bertz CT molecular complexity index is 2450. The summed E-state index contributed by atoms with van der Waals surface area (Å²) in [6, 6.07) is 24.6. The van der Waals surface area contributed by atoms with E-state index in [2.05, 4.69) is 17.3 Å². The lowest BCUT2D eigenvalue weighted by Crippen LogP contribution is -2.62. The lowest BCUT2D eigenvalue weighted by atomic mass is 9.96. The Balaban J connectivity index is 0.000000925. The number of nitrogens with zero attached hydrogens (tertiary/aromatic N) is 3. The lowest BCUT2D eigenvalue weighted by Gasteiger charge is -2.46. The number of alkyl halides is 3. The van der Waals surface area contributed by atoms with Crippen molar-refractivity contribution in [3.8, 4) is 23.0 Å². The number of phenols is 1. The molecule has 1 fully saturated rings. The molecule has 1 saturated heterocycles. The highest BCUT2D eigenvalue weighted by molar-refractivity contribution is 7.87. The van der Waals surface area contributed by atoms with Crippen molar-refractivity contribution >= 4 is 44.6 Å². The Labute approximate surface area is 349 Å². The second-order valence-electron chi connectivity index (χ2n) is 14.5. The molecule has 0 bridgehead atoms. The number of likely N-dealkylation sites (N-methyl/N-ethyl adjacent to an activating group) is 1. The van der Waals surface area contributed by atoms with Crippen LogP contribution in [0.15, 0.2) is 108 Å². The minimum absolute atomic E-state index is 0.0376. The molecule has 1 aliphatic heterocycles. The summed E-state index contributed by atoms with van der Waals surface area (Å²) < 4.78 is 75.1. The van der Waals surface area contributed by atoms with Crippen LogP contribution in [0.3, 0.4) is 0 Å². The van der Waals surface area contributed by atoms with Gasteiger partial charge in [-0.25, -0.2) is 4.79 Å². The molecule has 15 nitrogen and oxygen atoms in total.